The molecule has 2 amide bonds. The van der Waals surface area contributed by atoms with Crippen LogP contribution in [0.1, 0.15) is 12.0 Å². The molecule has 2 aromatic rings. The van der Waals surface area contributed by atoms with E-state index in [-0.39, 0.29) is 24.6 Å². The van der Waals surface area contributed by atoms with Gasteiger partial charge in [0, 0.05) is 6.42 Å². The molecule has 10 heteroatoms. The second kappa shape index (κ2) is 5.95. The minimum atomic E-state index is -4.58. The maximum Gasteiger partial charge on any atom is 0.418 e. The number of carbonyl (C=O) groups excluding carboxylic acids is 2. The fourth-order valence-electron chi connectivity index (χ4n) is 2.42. The summed E-state index contributed by atoms with van der Waals surface area (Å²) in [6, 6.07) is 4.67. The number of nitrogens with zero attached hydrogens (tertiary/aromatic N) is 3. The number of hydrogen-bond donors (Lipinski definition) is 2. The van der Waals surface area contributed by atoms with Crippen molar-refractivity contribution < 1.29 is 22.8 Å². The second-order valence-corrected chi connectivity index (χ2v) is 5.25. The van der Waals surface area contributed by atoms with Crippen LogP contribution in [0.4, 0.5) is 24.8 Å². The number of carbonyl (C=O) groups is 2. The monoisotopic (exact) mass is 339 g/mol. The molecular formula is C14H12F3N5O2. The SMILES string of the molecule is O=C(C[C@H]1Cn2ncnc2NC1=O)Nc1ccccc1C(F)(F)F. The molecular weight excluding hydrogens is 327 g/mol. The Morgan fingerprint density at radius 2 is 2.12 bits per heavy atom. The predicted molar refractivity (Wildman–Crippen MR) is 76.8 cm³/mol. The van der Waals surface area contributed by atoms with Crippen LogP contribution in [0.3, 0.4) is 0 Å². The molecule has 126 valence electrons. The van der Waals surface area contributed by atoms with Crippen LogP contribution in [0.5, 0.6) is 0 Å². The molecule has 1 aliphatic heterocycles. The second-order valence-electron chi connectivity index (χ2n) is 5.25. The first-order valence-electron chi connectivity index (χ1n) is 6.99. The molecule has 0 fully saturated rings. The number of fused-ring (bicyclic) bond motifs is 1. The summed E-state index contributed by atoms with van der Waals surface area (Å²) in [6.07, 6.45) is -3.59. The third-order valence-corrected chi connectivity index (χ3v) is 3.55. The van der Waals surface area contributed by atoms with Gasteiger partial charge in [-0.2, -0.15) is 23.3 Å². The Bertz CT molecular complexity index is 787. The van der Waals surface area contributed by atoms with Crippen molar-refractivity contribution in [3.8, 4) is 0 Å². The van der Waals surface area contributed by atoms with Gasteiger partial charge in [0.2, 0.25) is 17.8 Å². The lowest BCUT2D eigenvalue weighted by atomic mass is 10.0. The fourth-order valence-corrected chi connectivity index (χ4v) is 2.42. The molecule has 0 aliphatic carbocycles. The maximum absolute atomic E-state index is 12.9. The highest BCUT2D eigenvalue weighted by atomic mass is 19.4. The van der Waals surface area contributed by atoms with E-state index in [1.807, 2.05) is 0 Å². The summed E-state index contributed by atoms with van der Waals surface area (Å²) in [5.74, 6) is -1.57. The first kappa shape index (κ1) is 16.0. The number of halogens is 3. The molecule has 0 bridgehead atoms. The zero-order valence-electron chi connectivity index (χ0n) is 12.2. The van der Waals surface area contributed by atoms with Crippen molar-refractivity contribution in [1.29, 1.82) is 0 Å². The Hall–Kier alpha value is -2.91. The van der Waals surface area contributed by atoms with E-state index in [0.29, 0.717) is 0 Å². The van der Waals surface area contributed by atoms with Gasteiger partial charge in [-0.1, -0.05) is 12.1 Å². The van der Waals surface area contributed by atoms with Crippen LogP contribution in [-0.2, 0) is 22.3 Å². The standard InChI is InChI=1S/C14H12F3N5O2/c15-14(16,17)9-3-1-2-4-10(9)20-11(23)5-8-6-22-13(18-7-19-22)21-12(8)24/h1-4,7-8H,5-6H2,(H,20,23)(H,18,19,21,24)/t8-/m0/s1. The number of amides is 2. The van der Waals surface area contributed by atoms with Gasteiger partial charge in [0.15, 0.2) is 0 Å². The molecule has 1 aliphatic rings. The lowest BCUT2D eigenvalue weighted by Gasteiger charge is -2.22. The minimum Gasteiger partial charge on any atom is -0.325 e. The molecule has 3 rings (SSSR count). The summed E-state index contributed by atoms with van der Waals surface area (Å²) < 4.78 is 40.2. The molecule has 2 heterocycles. The molecule has 1 aromatic carbocycles. The van der Waals surface area contributed by atoms with E-state index >= 15 is 0 Å². The van der Waals surface area contributed by atoms with E-state index in [1.54, 1.807) is 0 Å². The number of nitrogens with one attached hydrogen (secondary N) is 2. The summed E-state index contributed by atoms with van der Waals surface area (Å²) in [5.41, 5.74) is -1.28. The number of aromatic nitrogens is 3. The highest BCUT2D eigenvalue weighted by molar-refractivity contribution is 5.98. The maximum atomic E-state index is 12.9. The van der Waals surface area contributed by atoms with Gasteiger partial charge in [0.1, 0.15) is 6.33 Å². The smallest absolute Gasteiger partial charge is 0.325 e. The number of anilines is 2. The average Bonchev–Trinajstić information content (AvgIpc) is 2.94. The largest absolute Gasteiger partial charge is 0.418 e. The van der Waals surface area contributed by atoms with Gasteiger partial charge in [0.25, 0.3) is 0 Å². The van der Waals surface area contributed by atoms with Gasteiger partial charge in [0.05, 0.1) is 23.7 Å². The Balaban J connectivity index is 1.70. The van der Waals surface area contributed by atoms with Crippen molar-refractivity contribution >= 4 is 23.5 Å². The molecule has 0 saturated carbocycles. The van der Waals surface area contributed by atoms with Gasteiger partial charge in [-0.3, -0.25) is 14.9 Å². The van der Waals surface area contributed by atoms with Crippen molar-refractivity contribution in [3.05, 3.63) is 36.2 Å². The zero-order chi connectivity index (χ0) is 17.3. The molecule has 0 saturated heterocycles. The van der Waals surface area contributed by atoms with Crippen LogP contribution in [0.25, 0.3) is 0 Å². The molecule has 1 aromatic heterocycles. The van der Waals surface area contributed by atoms with Crippen LogP contribution in [0.15, 0.2) is 30.6 Å². The number of benzene rings is 1. The van der Waals surface area contributed by atoms with Crippen LogP contribution >= 0.6 is 0 Å². The average molecular weight is 339 g/mol. The van der Waals surface area contributed by atoms with Gasteiger partial charge in [-0.05, 0) is 12.1 Å². The van der Waals surface area contributed by atoms with Gasteiger partial charge < -0.3 is 5.32 Å². The molecule has 2 N–H and O–H groups in total. The van der Waals surface area contributed by atoms with Gasteiger partial charge in [-0.15, -0.1) is 0 Å². The predicted octanol–water partition coefficient (Wildman–Crippen LogP) is 1.89. The van der Waals surface area contributed by atoms with E-state index in [1.165, 1.54) is 23.1 Å². The number of rotatable bonds is 3. The fraction of sp³-hybridized carbons (Fsp3) is 0.286. The van der Waals surface area contributed by atoms with Crippen molar-refractivity contribution in [2.75, 3.05) is 10.6 Å². The van der Waals surface area contributed by atoms with Crippen LogP contribution in [0, 0.1) is 5.92 Å². The van der Waals surface area contributed by atoms with Crippen molar-refractivity contribution in [2.45, 2.75) is 19.1 Å². The summed E-state index contributed by atoms with van der Waals surface area (Å²) >= 11 is 0. The molecule has 0 unspecified atom stereocenters. The van der Waals surface area contributed by atoms with E-state index in [4.69, 9.17) is 0 Å². The molecule has 1 atom stereocenters. The lowest BCUT2D eigenvalue weighted by Crippen LogP contribution is -2.36. The highest BCUT2D eigenvalue weighted by Crippen LogP contribution is 2.34. The highest BCUT2D eigenvalue weighted by Gasteiger charge is 2.34. The van der Waals surface area contributed by atoms with Crippen LogP contribution < -0.4 is 10.6 Å². The molecule has 24 heavy (non-hydrogen) atoms. The quantitative estimate of drug-likeness (QED) is 0.894. The van der Waals surface area contributed by atoms with E-state index in [9.17, 15) is 22.8 Å². The Labute approximate surface area is 133 Å². The molecule has 0 radical (unpaired) electrons. The Morgan fingerprint density at radius 3 is 2.88 bits per heavy atom. The zero-order valence-corrected chi connectivity index (χ0v) is 12.2. The number of hydrogen-bond acceptors (Lipinski definition) is 4. The third kappa shape index (κ3) is 3.21. The van der Waals surface area contributed by atoms with Crippen LogP contribution in [-0.4, -0.2) is 26.6 Å². The number of alkyl halides is 3. The van der Waals surface area contributed by atoms with Crippen molar-refractivity contribution in [1.82, 2.24) is 14.8 Å². The van der Waals surface area contributed by atoms with Gasteiger partial charge >= 0.3 is 6.18 Å². The summed E-state index contributed by atoms with van der Waals surface area (Å²) in [7, 11) is 0. The van der Waals surface area contributed by atoms with Crippen LogP contribution in [0.2, 0.25) is 0 Å². The summed E-state index contributed by atoms with van der Waals surface area (Å²) in [5, 5.41) is 8.59. The van der Waals surface area contributed by atoms with E-state index < -0.39 is 29.5 Å². The third-order valence-electron chi connectivity index (χ3n) is 3.55. The lowest BCUT2D eigenvalue weighted by molar-refractivity contribution is -0.137. The topological polar surface area (TPSA) is 88.9 Å². The van der Waals surface area contributed by atoms with Crippen molar-refractivity contribution in [2.24, 2.45) is 5.92 Å². The number of para-hydroxylation sites is 1. The minimum absolute atomic E-state index is 0.134. The van der Waals surface area contributed by atoms with E-state index in [2.05, 4.69) is 20.7 Å². The normalized spacial score (nSPS) is 17.1. The Morgan fingerprint density at radius 1 is 1.38 bits per heavy atom. The summed E-state index contributed by atoms with van der Waals surface area (Å²) in [6.45, 7) is 0.134. The molecule has 7 nitrogen and oxygen atoms in total. The first-order valence-corrected chi connectivity index (χ1v) is 6.99. The van der Waals surface area contributed by atoms with Gasteiger partial charge in [-0.25, -0.2) is 4.68 Å². The Kier molecular flexibility index (Phi) is 3.96. The molecule has 0 spiro atoms. The van der Waals surface area contributed by atoms with E-state index in [0.717, 1.165) is 12.1 Å². The first-order chi connectivity index (χ1) is 11.3. The van der Waals surface area contributed by atoms with Crippen molar-refractivity contribution in [3.63, 3.8) is 0 Å². The summed E-state index contributed by atoms with van der Waals surface area (Å²) in [4.78, 5) is 27.8.